The summed E-state index contributed by atoms with van der Waals surface area (Å²) in [5.41, 5.74) is 7.00. The predicted octanol–water partition coefficient (Wildman–Crippen LogP) is 3.32. The van der Waals surface area contributed by atoms with Crippen molar-refractivity contribution in [2.75, 3.05) is 19.6 Å². The third-order valence-electron chi connectivity index (χ3n) is 3.99. The Labute approximate surface area is 161 Å². The van der Waals surface area contributed by atoms with E-state index >= 15 is 0 Å². The second-order valence-electron chi connectivity index (χ2n) is 5.89. The molecule has 1 aliphatic heterocycles. The lowest BCUT2D eigenvalue weighted by Crippen LogP contribution is -2.40. The number of nitrogens with zero attached hydrogens (tertiary/aromatic N) is 2. The van der Waals surface area contributed by atoms with E-state index in [0.29, 0.717) is 25.5 Å². The molecule has 0 atom stereocenters. The van der Waals surface area contributed by atoms with E-state index in [0.717, 1.165) is 31.5 Å². The first-order chi connectivity index (χ1) is 11.3. The zero-order chi connectivity index (χ0) is 16.3. The number of carbonyl (C=O) groups excluding carboxylic acids is 1. The molecule has 0 saturated carbocycles. The Morgan fingerprint density at radius 1 is 1.12 bits per heavy atom. The summed E-state index contributed by atoms with van der Waals surface area (Å²) < 4.78 is 5.24. The highest BCUT2D eigenvalue weighted by Crippen LogP contribution is 2.08. The van der Waals surface area contributed by atoms with E-state index in [2.05, 4.69) is 9.89 Å². The Balaban J connectivity index is 0.00000288. The van der Waals surface area contributed by atoms with Crippen molar-refractivity contribution < 1.29 is 9.53 Å². The van der Waals surface area contributed by atoms with Gasteiger partial charge in [-0.1, -0.05) is 30.3 Å². The van der Waals surface area contributed by atoms with E-state index in [4.69, 9.17) is 10.5 Å². The van der Waals surface area contributed by atoms with Gasteiger partial charge in [0, 0.05) is 26.1 Å². The molecule has 6 heteroatoms. The molecule has 1 saturated heterocycles. The first-order valence-corrected chi connectivity index (χ1v) is 8.50. The lowest BCUT2D eigenvalue weighted by molar-refractivity contribution is -0.145. The van der Waals surface area contributed by atoms with Gasteiger partial charge >= 0.3 is 5.97 Å². The summed E-state index contributed by atoms with van der Waals surface area (Å²) in [7, 11) is 0. The van der Waals surface area contributed by atoms with Gasteiger partial charge in [-0.05, 0) is 37.7 Å². The highest BCUT2D eigenvalue weighted by molar-refractivity contribution is 14.0. The molecule has 0 amide bonds. The van der Waals surface area contributed by atoms with Crippen LogP contribution in [0.25, 0.3) is 0 Å². The summed E-state index contributed by atoms with van der Waals surface area (Å²) in [4.78, 5) is 18.2. The standard InChI is InChI=1S/C18H27N3O2.HI/c19-18(21-13-7-2-8-14-21)20-12-6-5-11-17(22)23-15-16-9-3-1-4-10-16;/h1,3-4,9-10H,2,5-8,11-15H2,(H2,19,20);1H. The van der Waals surface area contributed by atoms with Crippen LogP contribution in [0.4, 0.5) is 0 Å². The van der Waals surface area contributed by atoms with E-state index in [9.17, 15) is 4.79 Å². The van der Waals surface area contributed by atoms with Crippen LogP contribution >= 0.6 is 24.0 Å². The zero-order valence-corrected chi connectivity index (χ0v) is 16.5. The topological polar surface area (TPSA) is 67.9 Å². The number of ether oxygens (including phenoxy) is 1. The van der Waals surface area contributed by atoms with Crippen molar-refractivity contribution in [3.8, 4) is 0 Å². The van der Waals surface area contributed by atoms with Crippen LogP contribution in [0, 0.1) is 0 Å². The van der Waals surface area contributed by atoms with E-state index < -0.39 is 0 Å². The van der Waals surface area contributed by atoms with Crippen molar-refractivity contribution in [1.29, 1.82) is 0 Å². The van der Waals surface area contributed by atoms with Gasteiger partial charge in [-0.2, -0.15) is 0 Å². The molecule has 1 aromatic carbocycles. The van der Waals surface area contributed by atoms with Crippen molar-refractivity contribution in [2.45, 2.75) is 45.1 Å². The van der Waals surface area contributed by atoms with Crippen LogP contribution in [-0.2, 0) is 16.1 Å². The van der Waals surface area contributed by atoms with Crippen molar-refractivity contribution in [1.82, 2.24) is 4.90 Å². The maximum atomic E-state index is 11.7. The minimum Gasteiger partial charge on any atom is -0.461 e. The molecule has 2 N–H and O–H groups in total. The van der Waals surface area contributed by atoms with Crippen molar-refractivity contribution in [3.05, 3.63) is 35.9 Å². The van der Waals surface area contributed by atoms with Crippen LogP contribution in [0.2, 0.25) is 0 Å². The molecule has 0 unspecified atom stereocenters. The normalized spacial score (nSPS) is 14.8. The molecule has 1 heterocycles. The van der Waals surface area contributed by atoms with Gasteiger partial charge < -0.3 is 15.4 Å². The van der Waals surface area contributed by atoms with Crippen LogP contribution in [0.1, 0.15) is 44.1 Å². The first kappa shape index (κ1) is 20.7. The monoisotopic (exact) mass is 445 g/mol. The smallest absolute Gasteiger partial charge is 0.306 e. The number of carbonyl (C=O) groups is 1. The van der Waals surface area contributed by atoms with Gasteiger partial charge in [0.05, 0.1) is 0 Å². The Morgan fingerprint density at radius 2 is 1.83 bits per heavy atom. The fourth-order valence-corrected chi connectivity index (χ4v) is 2.61. The highest BCUT2D eigenvalue weighted by atomic mass is 127. The van der Waals surface area contributed by atoms with Gasteiger partial charge in [-0.25, -0.2) is 0 Å². The molecule has 2 rings (SSSR count). The molecule has 0 spiro atoms. The number of nitrogens with two attached hydrogens (primary N) is 1. The number of guanidine groups is 1. The lowest BCUT2D eigenvalue weighted by atomic mass is 10.1. The number of aliphatic imine (C=N–C) groups is 1. The molecule has 1 fully saturated rings. The van der Waals surface area contributed by atoms with Gasteiger partial charge in [0.15, 0.2) is 5.96 Å². The molecule has 1 aliphatic rings. The van der Waals surface area contributed by atoms with Crippen LogP contribution in [0.15, 0.2) is 35.3 Å². The van der Waals surface area contributed by atoms with Crippen LogP contribution in [0.5, 0.6) is 0 Å². The quantitative estimate of drug-likeness (QED) is 0.230. The number of hydrogen-bond acceptors (Lipinski definition) is 3. The summed E-state index contributed by atoms with van der Waals surface area (Å²) in [6.45, 7) is 3.05. The Hall–Kier alpha value is -1.31. The number of benzene rings is 1. The number of piperidine rings is 1. The summed E-state index contributed by atoms with van der Waals surface area (Å²) in [5, 5.41) is 0. The minimum absolute atomic E-state index is 0. The molecular weight excluding hydrogens is 417 g/mol. The maximum absolute atomic E-state index is 11.7. The third kappa shape index (κ3) is 7.99. The molecule has 0 aromatic heterocycles. The number of halogens is 1. The molecule has 24 heavy (non-hydrogen) atoms. The number of hydrogen-bond donors (Lipinski definition) is 1. The molecule has 0 bridgehead atoms. The first-order valence-electron chi connectivity index (χ1n) is 8.50. The summed E-state index contributed by atoms with van der Waals surface area (Å²) >= 11 is 0. The van der Waals surface area contributed by atoms with Crippen LogP contribution in [-0.4, -0.2) is 36.5 Å². The fourth-order valence-electron chi connectivity index (χ4n) is 2.61. The lowest BCUT2D eigenvalue weighted by Gasteiger charge is -2.27. The largest absolute Gasteiger partial charge is 0.461 e. The molecule has 0 radical (unpaired) electrons. The maximum Gasteiger partial charge on any atom is 0.306 e. The Bertz CT molecular complexity index is 502. The van der Waals surface area contributed by atoms with Crippen molar-refractivity contribution in [2.24, 2.45) is 10.7 Å². The molecule has 0 aliphatic carbocycles. The highest BCUT2D eigenvalue weighted by Gasteiger charge is 2.11. The van der Waals surface area contributed by atoms with Gasteiger partial charge in [0.25, 0.3) is 0 Å². The van der Waals surface area contributed by atoms with E-state index in [1.54, 1.807) is 0 Å². The molecular formula is C18H28IN3O2. The number of rotatable bonds is 7. The Morgan fingerprint density at radius 3 is 2.54 bits per heavy atom. The van der Waals surface area contributed by atoms with Crippen LogP contribution < -0.4 is 5.73 Å². The number of esters is 1. The average molecular weight is 445 g/mol. The molecule has 1 aromatic rings. The van der Waals surface area contributed by atoms with Gasteiger partial charge in [0.2, 0.25) is 0 Å². The van der Waals surface area contributed by atoms with E-state index in [1.165, 1.54) is 19.3 Å². The second-order valence-corrected chi connectivity index (χ2v) is 5.89. The van der Waals surface area contributed by atoms with E-state index in [-0.39, 0.29) is 29.9 Å². The molecule has 5 nitrogen and oxygen atoms in total. The zero-order valence-electron chi connectivity index (χ0n) is 14.2. The summed E-state index contributed by atoms with van der Waals surface area (Å²) in [6, 6.07) is 9.72. The average Bonchev–Trinajstić information content (AvgIpc) is 2.61. The van der Waals surface area contributed by atoms with Crippen molar-refractivity contribution in [3.63, 3.8) is 0 Å². The second kappa shape index (κ2) is 12.1. The Kier molecular flexibility index (Phi) is 10.5. The summed E-state index contributed by atoms with van der Waals surface area (Å²) in [5.74, 6) is 0.498. The number of likely N-dealkylation sites (tertiary alicyclic amines) is 1. The van der Waals surface area contributed by atoms with Gasteiger partial charge in [0.1, 0.15) is 6.61 Å². The third-order valence-corrected chi connectivity index (χ3v) is 3.99. The SMILES string of the molecule is I.NC(=NCCCCC(=O)OCc1ccccc1)N1CCCCC1. The number of unbranched alkanes of at least 4 members (excludes halogenated alkanes) is 1. The van der Waals surface area contributed by atoms with Crippen molar-refractivity contribution >= 4 is 35.9 Å². The molecule has 134 valence electrons. The summed E-state index contributed by atoms with van der Waals surface area (Å²) in [6.07, 6.45) is 5.76. The fraction of sp³-hybridized carbons (Fsp3) is 0.556. The van der Waals surface area contributed by atoms with Gasteiger partial charge in [-0.15, -0.1) is 24.0 Å². The van der Waals surface area contributed by atoms with E-state index in [1.807, 2.05) is 30.3 Å². The van der Waals surface area contributed by atoms with Gasteiger partial charge in [-0.3, -0.25) is 9.79 Å². The minimum atomic E-state index is -0.151. The predicted molar refractivity (Wildman–Crippen MR) is 107 cm³/mol. The van der Waals surface area contributed by atoms with Crippen LogP contribution in [0.3, 0.4) is 0 Å².